The lowest BCUT2D eigenvalue weighted by molar-refractivity contribution is -0.167. The van der Waals surface area contributed by atoms with Gasteiger partial charge in [-0.3, -0.25) is 4.79 Å². The third-order valence-corrected chi connectivity index (χ3v) is 6.88. The van der Waals surface area contributed by atoms with E-state index in [-0.39, 0.29) is 4.90 Å². The lowest BCUT2D eigenvalue weighted by atomic mass is 9.97. The third-order valence-electron chi connectivity index (χ3n) is 4.03. The number of fused-ring (bicyclic) bond motifs is 1. The zero-order valence-corrected chi connectivity index (χ0v) is 14.5. The number of aliphatic carboxylic acids is 1. The smallest absolute Gasteiger partial charge is 0.327 e. The predicted octanol–water partition coefficient (Wildman–Crippen LogP) is 0.490. The quantitative estimate of drug-likeness (QED) is 0.444. The van der Waals surface area contributed by atoms with Crippen molar-refractivity contribution in [1.82, 2.24) is 4.90 Å². The number of thioether (sulfide) groups is 1. The number of carboxylic acids is 1. The fourth-order valence-corrected chi connectivity index (χ4v) is 5.60. The van der Waals surface area contributed by atoms with Crippen LogP contribution in [-0.4, -0.2) is 52.6 Å². The van der Waals surface area contributed by atoms with Gasteiger partial charge in [-0.15, -0.1) is 11.8 Å². The van der Waals surface area contributed by atoms with Crippen LogP contribution in [0.25, 0.3) is 0 Å². The van der Waals surface area contributed by atoms with Gasteiger partial charge in [-0.2, -0.15) is 8.42 Å². The zero-order valence-electron chi connectivity index (χ0n) is 12.9. The number of β-lactam (4-membered cyclic amide) rings is 1. The molecular weight excluding hydrogens is 356 g/mol. The molecule has 1 aromatic rings. The van der Waals surface area contributed by atoms with Crippen LogP contribution in [0, 0.1) is 0 Å². The molecule has 3 N–H and O–H groups in total. The highest BCUT2D eigenvalue weighted by molar-refractivity contribution is 8.01. The molecule has 2 aliphatic rings. The number of nitrogens with zero attached hydrogens (tertiary/aromatic N) is 1. The molecule has 1 amide bonds. The first-order valence-electron chi connectivity index (χ1n) is 7.06. The maximum absolute atomic E-state index is 12.3. The topological polar surface area (TPSA) is 127 Å². The number of nitrogens with two attached hydrogens (primary N) is 1. The van der Waals surface area contributed by atoms with Crippen LogP contribution in [0.1, 0.15) is 13.8 Å². The van der Waals surface area contributed by atoms with Crippen molar-refractivity contribution in [1.29, 1.82) is 0 Å². The van der Waals surface area contributed by atoms with Crippen LogP contribution in [0.5, 0.6) is 0 Å². The molecule has 2 saturated heterocycles. The lowest BCUT2D eigenvalue weighted by Gasteiger charge is -2.42. The first kappa shape index (κ1) is 17.1. The molecule has 0 radical (unpaired) electrons. The summed E-state index contributed by atoms with van der Waals surface area (Å²) in [5, 5.41) is 8.69. The number of carbonyl (C=O) groups is 2. The van der Waals surface area contributed by atoms with Gasteiger partial charge in [0.2, 0.25) is 0 Å². The van der Waals surface area contributed by atoms with Crippen molar-refractivity contribution in [3.05, 3.63) is 24.3 Å². The van der Waals surface area contributed by atoms with Crippen molar-refractivity contribution in [2.24, 2.45) is 0 Å². The Morgan fingerprint density at radius 2 is 1.92 bits per heavy atom. The summed E-state index contributed by atoms with van der Waals surface area (Å²) in [6.07, 6.45) is -1.22. The molecule has 2 heterocycles. The lowest BCUT2D eigenvalue weighted by Crippen LogP contribution is -2.66. The molecule has 8 nitrogen and oxygen atoms in total. The number of nitrogen functional groups attached to an aromatic ring is 1. The molecule has 0 bridgehead atoms. The van der Waals surface area contributed by atoms with Gasteiger partial charge in [0.25, 0.3) is 16.0 Å². The van der Waals surface area contributed by atoms with Gasteiger partial charge in [-0.1, -0.05) is 0 Å². The average Bonchev–Trinajstić information content (AvgIpc) is 2.74. The van der Waals surface area contributed by atoms with Gasteiger partial charge >= 0.3 is 5.97 Å². The predicted molar refractivity (Wildman–Crippen MR) is 86.6 cm³/mol. The van der Waals surface area contributed by atoms with Gasteiger partial charge in [0.1, 0.15) is 11.4 Å². The number of rotatable bonds is 4. The summed E-state index contributed by atoms with van der Waals surface area (Å²) in [5.41, 5.74) is 5.92. The number of carboxylic acid groups (broad SMARTS) is 1. The van der Waals surface area contributed by atoms with Crippen LogP contribution in [-0.2, 0) is 23.9 Å². The van der Waals surface area contributed by atoms with Gasteiger partial charge in [-0.05, 0) is 38.1 Å². The molecule has 24 heavy (non-hydrogen) atoms. The Hall–Kier alpha value is -1.78. The molecule has 1 aromatic carbocycles. The molecule has 0 unspecified atom stereocenters. The first-order valence-corrected chi connectivity index (χ1v) is 9.35. The van der Waals surface area contributed by atoms with E-state index in [1.807, 2.05) is 0 Å². The Balaban J connectivity index is 1.82. The summed E-state index contributed by atoms with van der Waals surface area (Å²) < 4.78 is 28.9. The largest absolute Gasteiger partial charge is 0.480 e. The SMILES string of the molecule is CC1(C)S[C@@H]2[C@H](OS(=O)(=O)c3ccc(N)cc3)C(=O)N2[C@H]1C(=O)O. The second kappa shape index (κ2) is 5.36. The fraction of sp³-hybridized carbons (Fsp3) is 0.429. The van der Waals surface area contributed by atoms with Gasteiger partial charge in [0.05, 0.1) is 4.90 Å². The Kier molecular flexibility index (Phi) is 3.81. The standard InChI is InChI=1S/C14H16N2O6S2/c1-14(2)10(13(18)19)16-11(17)9(12(16)23-14)22-24(20,21)8-5-3-7(15)4-6-8/h3-6,9-10,12H,15H2,1-2H3,(H,18,19)/t9-,10+,12-/m1/s1. The second-order valence-corrected chi connectivity index (χ2v) is 9.48. The van der Waals surface area contributed by atoms with Crippen molar-refractivity contribution < 1.29 is 27.3 Å². The maximum atomic E-state index is 12.3. The van der Waals surface area contributed by atoms with Crippen molar-refractivity contribution >= 4 is 39.4 Å². The van der Waals surface area contributed by atoms with Crippen LogP contribution in [0.2, 0.25) is 0 Å². The van der Waals surface area contributed by atoms with Gasteiger partial charge in [0.15, 0.2) is 6.10 Å². The van der Waals surface area contributed by atoms with E-state index in [4.69, 9.17) is 9.92 Å². The van der Waals surface area contributed by atoms with Gasteiger partial charge in [-0.25, -0.2) is 8.98 Å². The average molecular weight is 372 g/mol. The monoisotopic (exact) mass is 372 g/mol. The summed E-state index contributed by atoms with van der Waals surface area (Å²) >= 11 is 1.22. The Labute approximate surface area is 143 Å². The molecule has 0 spiro atoms. The molecule has 2 fully saturated rings. The highest BCUT2D eigenvalue weighted by atomic mass is 32.2. The van der Waals surface area contributed by atoms with E-state index >= 15 is 0 Å². The second-order valence-electron chi connectivity index (χ2n) is 6.14. The number of carbonyl (C=O) groups excluding carboxylic acids is 1. The van der Waals surface area contributed by atoms with E-state index in [1.165, 1.54) is 40.9 Å². The molecule has 130 valence electrons. The zero-order chi connectivity index (χ0) is 17.9. The summed E-state index contributed by atoms with van der Waals surface area (Å²) in [4.78, 5) is 24.7. The normalized spacial score (nSPS) is 28.3. The van der Waals surface area contributed by atoms with Crippen LogP contribution >= 0.6 is 11.8 Å². The van der Waals surface area contributed by atoms with E-state index in [0.29, 0.717) is 5.69 Å². The van der Waals surface area contributed by atoms with E-state index in [2.05, 4.69) is 0 Å². The highest BCUT2D eigenvalue weighted by Gasteiger charge is 2.65. The molecule has 0 aromatic heterocycles. The van der Waals surface area contributed by atoms with Crippen LogP contribution in [0.3, 0.4) is 0 Å². The van der Waals surface area contributed by atoms with E-state index in [1.54, 1.807) is 13.8 Å². The minimum absolute atomic E-state index is 0.111. The first-order chi connectivity index (χ1) is 11.0. The van der Waals surface area contributed by atoms with E-state index in [0.717, 1.165) is 0 Å². The molecular formula is C14H16N2O6S2. The van der Waals surface area contributed by atoms with Crippen molar-refractivity contribution in [2.45, 2.75) is 41.0 Å². The van der Waals surface area contributed by atoms with E-state index in [9.17, 15) is 23.1 Å². The molecule has 0 aliphatic carbocycles. The summed E-state index contributed by atoms with van der Waals surface area (Å²) in [6.45, 7) is 3.40. The molecule has 10 heteroatoms. The molecule has 2 aliphatic heterocycles. The van der Waals surface area contributed by atoms with Crippen LogP contribution in [0.15, 0.2) is 29.2 Å². The highest BCUT2D eigenvalue weighted by Crippen LogP contribution is 2.52. The molecule has 3 rings (SSSR count). The minimum Gasteiger partial charge on any atom is -0.480 e. The number of benzene rings is 1. The number of amides is 1. The number of hydrogen-bond acceptors (Lipinski definition) is 7. The summed E-state index contributed by atoms with van der Waals surface area (Å²) in [7, 11) is -4.15. The number of anilines is 1. The maximum Gasteiger partial charge on any atom is 0.327 e. The van der Waals surface area contributed by atoms with E-state index < -0.39 is 44.3 Å². The molecule has 3 atom stereocenters. The van der Waals surface area contributed by atoms with Crippen molar-refractivity contribution in [3.63, 3.8) is 0 Å². The van der Waals surface area contributed by atoms with Crippen LogP contribution < -0.4 is 5.73 Å². The molecule has 0 saturated carbocycles. The van der Waals surface area contributed by atoms with Crippen LogP contribution in [0.4, 0.5) is 5.69 Å². The Morgan fingerprint density at radius 3 is 2.46 bits per heavy atom. The minimum atomic E-state index is -4.15. The fourth-order valence-electron chi connectivity index (χ4n) is 2.89. The summed E-state index contributed by atoms with van der Waals surface area (Å²) in [6, 6.07) is 4.39. The van der Waals surface area contributed by atoms with Gasteiger partial charge in [0, 0.05) is 10.4 Å². The Morgan fingerprint density at radius 1 is 1.33 bits per heavy atom. The summed E-state index contributed by atoms with van der Waals surface area (Å²) in [5.74, 6) is -1.76. The van der Waals surface area contributed by atoms with Crippen molar-refractivity contribution in [2.75, 3.05) is 5.73 Å². The van der Waals surface area contributed by atoms with Gasteiger partial charge < -0.3 is 15.7 Å². The third kappa shape index (κ3) is 2.54. The number of hydrogen-bond donors (Lipinski definition) is 2. The Bertz CT molecular complexity index is 805. The van der Waals surface area contributed by atoms with Crippen molar-refractivity contribution in [3.8, 4) is 0 Å².